The normalized spacial score (nSPS) is 14.1. The quantitative estimate of drug-likeness (QED) is 0.398. The van der Waals surface area contributed by atoms with Gasteiger partial charge in [-0.1, -0.05) is 11.6 Å². The lowest BCUT2D eigenvalue weighted by atomic mass is 10.0. The van der Waals surface area contributed by atoms with Crippen molar-refractivity contribution in [3.05, 3.63) is 65.3 Å². The average molecular weight is 481 g/mol. The molecular weight excluding hydrogens is 463 g/mol. The molecule has 172 valence electrons. The molecule has 1 aliphatic carbocycles. The highest BCUT2D eigenvalue weighted by atomic mass is 35.5. The van der Waals surface area contributed by atoms with Crippen LogP contribution in [0.1, 0.15) is 18.5 Å². The fourth-order valence-electron chi connectivity index (χ4n) is 3.74. The second-order valence-electron chi connectivity index (χ2n) is 8.00. The minimum atomic E-state index is -1.31. The Morgan fingerprint density at radius 2 is 1.91 bits per heavy atom. The maximum Gasteiger partial charge on any atom is 0.247 e. The van der Waals surface area contributed by atoms with Crippen molar-refractivity contribution >= 4 is 45.8 Å². The number of ether oxygens (including phenoxy) is 1. The molecule has 11 heteroatoms. The van der Waals surface area contributed by atoms with Gasteiger partial charge in [-0.15, -0.1) is 0 Å². The van der Waals surface area contributed by atoms with Crippen molar-refractivity contribution in [1.29, 1.82) is 0 Å². The first-order chi connectivity index (χ1) is 16.3. The van der Waals surface area contributed by atoms with Gasteiger partial charge in [-0.05, 0) is 50.1 Å². The third-order valence-electron chi connectivity index (χ3n) is 5.77. The first-order valence-electron chi connectivity index (χ1n) is 10.3. The van der Waals surface area contributed by atoms with Gasteiger partial charge in [-0.3, -0.25) is 19.6 Å². The zero-order chi connectivity index (χ0) is 24.0. The Hall–Kier alpha value is -4.05. The van der Waals surface area contributed by atoms with E-state index in [4.69, 9.17) is 22.1 Å². The molecule has 0 spiro atoms. The Bertz CT molecular complexity index is 1430. The fraction of sp³-hybridized carbons (Fsp3) is 0.174. The molecule has 0 saturated heterocycles. The minimum absolute atomic E-state index is 0.0982. The summed E-state index contributed by atoms with van der Waals surface area (Å²) < 4.78 is 19.5. The minimum Gasteiger partial charge on any atom is -0.437 e. The Morgan fingerprint density at radius 1 is 1.18 bits per heavy atom. The summed E-state index contributed by atoms with van der Waals surface area (Å²) in [6.45, 7) is 1.83. The van der Waals surface area contributed by atoms with E-state index in [1.165, 1.54) is 41.4 Å². The van der Waals surface area contributed by atoms with Gasteiger partial charge in [0.15, 0.2) is 5.65 Å². The highest BCUT2D eigenvalue weighted by molar-refractivity contribution is 6.32. The van der Waals surface area contributed by atoms with E-state index < -0.39 is 23.0 Å². The summed E-state index contributed by atoms with van der Waals surface area (Å²) in [6.07, 6.45) is 3.61. The van der Waals surface area contributed by atoms with Crippen LogP contribution in [0.2, 0.25) is 5.02 Å². The molecule has 2 amide bonds. The number of carbonyl (C=O) groups is 2. The summed E-state index contributed by atoms with van der Waals surface area (Å²) in [4.78, 5) is 35.2. The molecule has 0 radical (unpaired) electrons. The number of anilines is 2. The van der Waals surface area contributed by atoms with Gasteiger partial charge in [0, 0.05) is 23.6 Å². The molecule has 0 aliphatic heterocycles. The van der Waals surface area contributed by atoms with Crippen molar-refractivity contribution in [2.24, 2.45) is 11.1 Å². The lowest BCUT2D eigenvalue weighted by Crippen LogP contribution is -2.41. The van der Waals surface area contributed by atoms with E-state index >= 15 is 0 Å². The monoisotopic (exact) mass is 480 g/mol. The molecule has 3 N–H and O–H groups in total. The number of aromatic nitrogens is 4. The highest BCUT2D eigenvalue weighted by Crippen LogP contribution is 2.49. The van der Waals surface area contributed by atoms with Crippen LogP contribution in [0.25, 0.3) is 11.0 Å². The predicted octanol–water partition coefficient (Wildman–Crippen LogP) is 4.18. The molecule has 3 aromatic heterocycles. The SMILES string of the molecule is Cc1[nH]nc2nccc(Oc3ncc(N(C(=O)C4(C(N)=O)CC4)c4ccc(F)cc4)cc3Cl)c12. The molecule has 0 unspecified atom stereocenters. The molecule has 9 nitrogen and oxygen atoms in total. The number of carbonyl (C=O) groups excluding carboxylic acids is 2. The molecular formula is C23H18ClFN6O3. The van der Waals surface area contributed by atoms with Crippen LogP contribution in [-0.4, -0.2) is 32.0 Å². The number of amides is 2. The van der Waals surface area contributed by atoms with Gasteiger partial charge < -0.3 is 10.5 Å². The van der Waals surface area contributed by atoms with Crippen LogP contribution in [-0.2, 0) is 9.59 Å². The lowest BCUT2D eigenvalue weighted by molar-refractivity contribution is -0.133. The second kappa shape index (κ2) is 8.07. The zero-order valence-corrected chi connectivity index (χ0v) is 18.6. The van der Waals surface area contributed by atoms with Gasteiger partial charge in [-0.25, -0.2) is 14.4 Å². The molecule has 4 aromatic rings. The van der Waals surface area contributed by atoms with E-state index in [0.717, 1.165) is 5.69 Å². The number of H-pyrrole nitrogens is 1. The third kappa shape index (κ3) is 3.61. The Labute approximate surface area is 197 Å². The maximum absolute atomic E-state index is 13.5. The van der Waals surface area contributed by atoms with E-state index in [1.807, 2.05) is 6.92 Å². The zero-order valence-electron chi connectivity index (χ0n) is 17.9. The molecule has 0 atom stereocenters. The van der Waals surface area contributed by atoms with E-state index in [1.54, 1.807) is 12.3 Å². The predicted molar refractivity (Wildman–Crippen MR) is 122 cm³/mol. The molecule has 34 heavy (non-hydrogen) atoms. The average Bonchev–Trinajstić information content (AvgIpc) is 3.55. The van der Waals surface area contributed by atoms with Crippen LogP contribution in [0.3, 0.4) is 0 Å². The lowest BCUT2D eigenvalue weighted by Gasteiger charge is -2.26. The number of aryl methyl sites for hydroxylation is 1. The van der Waals surface area contributed by atoms with Crippen LogP contribution in [0, 0.1) is 18.2 Å². The number of rotatable bonds is 6. The van der Waals surface area contributed by atoms with Crippen molar-refractivity contribution < 1.29 is 18.7 Å². The number of hydrogen-bond donors (Lipinski definition) is 2. The van der Waals surface area contributed by atoms with Crippen LogP contribution < -0.4 is 15.4 Å². The maximum atomic E-state index is 13.5. The second-order valence-corrected chi connectivity index (χ2v) is 8.41. The first kappa shape index (κ1) is 21.8. The number of nitrogens with two attached hydrogens (primary N) is 1. The number of pyridine rings is 2. The van der Waals surface area contributed by atoms with Crippen LogP contribution in [0.5, 0.6) is 11.6 Å². The standard InChI is InChI=1S/C23H18ClFN6O3/c1-12-18-17(6-9-27-19(18)30-29-12)34-20-16(24)10-15(11-28-20)31(14-4-2-13(25)3-5-14)22(33)23(7-8-23)21(26)32/h2-6,9-11H,7-8H2,1H3,(H2,26,32)(H,27,29,30). The topological polar surface area (TPSA) is 127 Å². The number of primary amides is 1. The van der Waals surface area contributed by atoms with Crippen molar-refractivity contribution in [3.8, 4) is 11.6 Å². The van der Waals surface area contributed by atoms with Crippen LogP contribution >= 0.6 is 11.6 Å². The van der Waals surface area contributed by atoms with Crippen molar-refractivity contribution in [2.75, 3.05) is 4.90 Å². The van der Waals surface area contributed by atoms with Gasteiger partial charge in [0.25, 0.3) is 0 Å². The van der Waals surface area contributed by atoms with Crippen LogP contribution in [0.4, 0.5) is 15.8 Å². The summed E-state index contributed by atoms with van der Waals surface area (Å²) in [6, 6.07) is 8.44. The van der Waals surface area contributed by atoms with Crippen molar-refractivity contribution in [3.63, 3.8) is 0 Å². The molecule has 0 bridgehead atoms. The molecule has 1 aliphatic rings. The summed E-state index contributed by atoms with van der Waals surface area (Å²) in [5, 5.41) is 7.76. The fourth-order valence-corrected chi connectivity index (χ4v) is 3.94. The summed E-state index contributed by atoms with van der Waals surface area (Å²) in [5.41, 5.74) is 6.08. The van der Waals surface area contributed by atoms with E-state index in [0.29, 0.717) is 35.3 Å². The van der Waals surface area contributed by atoms with E-state index in [-0.39, 0.29) is 16.6 Å². The van der Waals surface area contributed by atoms with Gasteiger partial charge in [0.1, 0.15) is 22.0 Å². The molecule has 1 saturated carbocycles. The number of benzene rings is 1. The first-order valence-corrected chi connectivity index (χ1v) is 10.7. The van der Waals surface area contributed by atoms with Gasteiger partial charge in [0.2, 0.25) is 17.7 Å². The van der Waals surface area contributed by atoms with Crippen molar-refractivity contribution in [2.45, 2.75) is 19.8 Å². The molecule has 5 rings (SSSR count). The van der Waals surface area contributed by atoms with Crippen molar-refractivity contribution in [1.82, 2.24) is 20.2 Å². The number of hydrogen-bond acceptors (Lipinski definition) is 6. The third-order valence-corrected chi connectivity index (χ3v) is 6.04. The number of nitrogens with zero attached hydrogens (tertiary/aromatic N) is 4. The van der Waals surface area contributed by atoms with Gasteiger partial charge >= 0.3 is 0 Å². The number of fused-ring (bicyclic) bond motifs is 1. The van der Waals surface area contributed by atoms with Gasteiger partial charge in [0.05, 0.1) is 17.3 Å². The van der Waals surface area contributed by atoms with E-state index in [2.05, 4.69) is 20.2 Å². The molecule has 1 fully saturated rings. The number of nitrogens with one attached hydrogen (secondary N) is 1. The summed E-state index contributed by atoms with van der Waals surface area (Å²) in [7, 11) is 0. The summed E-state index contributed by atoms with van der Waals surface area (Å²) in [5.74, 6) is -1.15. The van der Waals surface area contributed by atoms with Crippen LogP contribution in [0.15, 0.2) is 48.8 Å². The van der Waals surface area contributed by atoms with Gasteiger partial charge in [-0.2, -0.15) is 5.10 Å². The largest absolute Gasteiger partial charge is 0.437 e. The number of halogens is 2. The Morgan fingerprint density at radius 3 is 2.56 bits per heavy atom. The van der Waals surface area contributed by atoms with E-state index in [9.17, 15) is 14.0 Å². The molecule has 1 aromatic carbocycles. The Balaban J connectivity index is 1.53. The Kier molecular flexibility index (Phi) is 5.17. The highest BCUT2D eigenvalue weighted by Gasteiger charge is 2.57. The molecule has 3 heterocycles. The number of aromatic amines is 1. The summed E-state index contributed by atoms with van der Waals surface area (Å²) >= 11 is 6.48. The smallest absolute Gasteiger partial charge is 0.247 e.